The van der Waals surface area contributed by atoms with E-state index in [1.807, 2.05) is 42.5 Å². The van der Waals surface area contributed by atoms with E-state index in [0.717, 1.165) is 24.2 Å². The smallest absolute Gasteiger partial charge is 0.238 e. The summed E-state index contributed by atoms with van der Waals surface area (Å²) in [5, 5.41) is 2.71. The molecule has 0 saturated carbocycles. The van der Waals surface area contributed by atoms with E-state index in [4.69, 9.17) is 4.74 Å². The number of halogens is 1. The molecule has 1 aliphatic heterocycles. The first kappa shape index (κ1) is 27.4. The van der Waals surface area contributed by atoms with Gasteiger partial charge in [-0.3, -0.25) is 14.5 Å². The number of rotatable bonds is 11. The van der Waals surface area contributed by atoms with Gasteiger partial charge >= 0.3 is 0 Å². The number of para-hydroxylation sites is 1. The Hall–Kier alpha value is -3.65. The Kier molecular flexibility index (Phi) is 9.92. The van der Waals surface area contributed by atoms with Crippen LogP contribution in [0.5, 0.6) is 5.75 Å². The van der Waals surface area contributed by atoms with Crippen molar-refractivity contribution in [3.05, 3.63) is 90.2 Å². The molecule has 0 aliphatic carbocycles. The molecule has 1 saturated heterocycles. The fourth-order valence-corrected chi connectivity index (χ4v) is 5.06. The Labute approximate surface area is 227 Å². The minimum absolute atomic E-state index is 0.0322. The van der Waals surface area contributed by atoms with Gasteiger partial charge in [-0.05, 0) is 60.5 Å². The number of thioether (sulfide) groups is 1. The van der Waals surface area contributed by atoms with E-state index in [1.165, 1.54) is 36.7 Å². The standard InChI is InChI=1S/C30H32FN3O3S/c1-2-3-4-8-19-37-26-17-15-25(16-18-26)32-29(36)27-20-28(35)34(21-22-11-13-23(31)14-12-22)30(38-27)33-24-9-6-5-7-10-24/h5-7,9-18,27H,2-4,8,19-21H2,1H3,(H,32,36). The van der Waals surface area contributed by atoms with Crippen molar-refractivity contribution < 1.29 is 18.7 Å². The Morgan fingerprint density at radius 3 is 2.47 bits per heavy atom. The maximum atomic E-state index is 13.4. The summed E-state index contributed by atoms with van der Waals surface area (Å²) < 4.78 is 19.2. The van der Waals surface area contributed by atoms with Crippen LogP contribution in [0.4, 0.5) is 15.8 Å². The number of amidine groups is 1. The van der Waals surface area contributed by atoms with Crippen molar-refractivity contribution in [2.24, 2.45) is 4.99 Å². The van der Waals surface area contributed by atoms with Gasteiger partial charge < -0.3 is 10.1 Å². The average molecular weight is 534 g/mol. The predicted octanol–water partition coefficient (Wildman–Crippen LogP) is 6.95. The van der Waals surface area contributed by atoms with Crippen LogP contribution in [0.2, 0.25) is 0 Å². The molecule has 2 amide bonds. The van der Waals surface area contributed by atoms with E-state index in [2.05, 4.69) is 17.2 Å². The van der Waals surface area contributed by atoms with Gasteiger partial charge in [0.1, 0.15) is 16.8 Å². The number of hydrogen-bond donors (Lipinski definition) is 1. The molecule has 0 spiro atoms. The van der Waals surface area contributed by atoms with Crippen molar-refractivity contribution in [1.29, 1.82) is 0 Å². The van der Waals surface area contributed by atoms with Crippen LogP contribution in [0.3, 0.4) is 0 Å². The molecule has 4 rings (SSSR count). The van der Waals surface area contributed by atoms with Gasteiger partial charge in [-0.25, -0.2) is 9.38 Å². The zero-order valence-electron chi connectivity index (χ0n) is 21.4. The van der Waals surface area contributed by atoms with Crippen LogP contribution < -0.4 is 10.1 Å². The van der Waals surface area contributed by atoms with Crippen LogP contribution in [-0.2, 0) is 16.1 Å². The molecule has 6 nitrogen and oxygen atoms in total. The third-order valence-electron chi connectivity index (χ3n) is 6.06. The van der Waals surface area contributed by atoms with E-state index in [1.54, 1.807) is 29.2 Å². The van der Waals surface area contributed by atoms with Crippen molar-refractivity contribution in [3.8, 4) is 5.75 Å². The fraction of sp³-hybridized carbons (Fsp3) is 0.300. The van der Waals surface area contributed by atoms with Crippen molar-refractivity contribution in [2.75, 3.05) is 11.9 Å². The number of benzene rings is 3. The van der Waals surface area contributed by atoms with Gasteiger partial charge in [0.25, 0.3) is 0 Å². The Morgan fingerprint density at radius 2 is 1.76 bits per heavy atom. The molecular formula is C30H32FN3O3S. The summed E-state index contributed by atoms with van der Waals surface area (Å²) in [6.45, 7) is 3.09. The summed E-state index contributed by atoms with van der Waals surface area (Å²) in [5.74, 6) is -0.0569. The maximum Gasteiger partial charge on any atom is 0.238 e. The number of hydrogen-bond acceptors (Lipinski definition) is 5. The van der Waals surface area contributed by atoms with Crippen molar-refractivity contribution >= 4 is 40.1 Å². The lowest BCUT2D eigenvalue weighted by molar-refractivity contribution is -0.129. The van der Waals surface area contributed by atoms with E-state index in [9.17, 15) is 14.0 Å². The molecule has 1 aliphatic rings. The van der Waals surface area contributed by atoms with Crippen LogP contribution in [-0.4, -0.2) is 33.7 Å². The number of amides is 2. The minimum Gasteiger partial charge on any atom is -0.494 e. The number of nitrogens with zero attached hydrogens (tertiary/aromatic N) is 2. The number of carbonyl (C=O) groups is 2. The van der Waals surface area contributed by atoms with Crippen LogP contribution >= 0.6 is 11.8 Å². The number of carbonyl (C=O) groups excluding carboxylic acids is 2. The summed E-state index contributed by atoms with van der Waals surface area (Å²) in [4.78, 5) is 32.6. The third-order valence-corrected chi connectivity index (χ3v) is 7.24. The highest BCUT2D eigenvalue weighted by molar-refractivity contribution is 8.15. The number of unbranched alkanes of at least 4 members (excludes halogenated alkanes) is 3. The highest BCUT2D eigenvalue weighted by atomic mass is 32.2. The summed E-state index contributed by atoms with van der Waals surface area (Å²) >= 11 is 1.25. The topological polar surface area (TPSA) is 71.0 Å². The van der Waals surface area contributed by atoms with Gasteiger partial charge in [0, 0.05) is 12.1 Å². The molecule has 1 unspecified atom stereocenters. The van der Waals surface area contributed by atoms with Crippen molar-refractivity contribution in [1.82, 2.24) is 4.90 Å². The predicted molar refractivity (Wildman–Crippen MR) is 151 cm³/mol. The normalized spacial score (nSPS) is 16.5. The SMILES string of the molecule is CCCCCCOc1ccc(NC(=O)C2CC(=O)N(Cc3ccc(F)cc3)C(=Nc3ccccc3)S2)cc1. The molecular weight excluding hydrogens is 501 g/mol. The lowest BCUT2D eigenvalue weighted by atomic mass is 10.2. The fourth-order valence-electron chi connectivity index (χ4n) is 3.96. The highest BCUT2D eigenvalue weighted by Gasteiger charge is 2.36. The van der Waals surface area contributed by atoms with Crippen molar-refractivity contribution in [3.63, 3.8) is 0 Å². The monoisotopic (exact) mass is 533 g/mol. The Morgan fingerprint density at radius 1 is 1.03 bits per heavy atom. The van der Waals surface area contributed by atoms with Gasteiger partial charge in [0.15, 0.2) is 5.17 Å². The van der Waals surface area contributed by atoms with Gasteiger partial charge in [-0.15, -0.1) is 0 Å². The Bertz CT molecular complexity index is 1230. The zero-order valence-corrected chi connectivity index (χ0v) is 22.3. The van der Waals surface area contributed by atoms with E-state index in [-0.39, 0.29) is 30.6 Å². The van der Waals surface area contributed by atoms with Crippen LogP contribution in [0.25, 0.3) is 0 Å². The van der Waals surface area contributed by atoms with Gasteiger partial charge in [-0.1, -0.05) is 68.3 Å². The highest BCUT2D eigenvalue weighted by Crippen LogP contribution is 2.31. The first-order valence-corrected chi connectivity index (χ1v) is 13.8. The van der Waals surface area contributed by atoms with Crippen molar-refractivity contribution in [2.45, 2.75) is 50.8 Å². The molecule has 198 valence electrons. The van der Waals surface area contributed by atoms with Gasteiger partial charge in [0.05, 0.1) is 18.8 Å². The molecule has 8 heteroatoms. The molecule has 38 heavy (non-hydrogen) atoms. The molecule has 1 N–H and O–H groups in total. The second kappa shape index (κ2) is 13.8. The number of anilines is 1. The molecule has 0 radical (unpaired) electrons. The van der Waals surface area contributed by atoms with E-state index < -0.39 is 5.25 Å². The molecule has 3 aromatic rings. The molecule has 3 aromatic carbocycles. The summed E-state index contributed by atoms with van der Waals surface area (Å²) in [6.07, 6.45) is 4.59. The summed E-state index contributed by atoms with van der Waals surface area (Å²) in [5.41, 5.74) is 2.09. The first-order chi connectivity index (χ1) is 18.5. The van der Waals surface area contributed by atoms with E-state index in [0.29, 0.717) is 23.1 Å². The number of aliphatic imine (C=N–C) groups is 1. The third kappa shape index (κ3) is 7.92. The van der Waals surface area contributed by atoms with Crippen LogP contribution in [0.1, 0.15) is 44.6 Å². The number of ether oxygens (including phenoxy) is 1. The Balaban J connectivity index is 1.42. The second-order valence-electron chi connectivity index (χ2n) is 9.07. The average Bonchev–Trinajstić information content (AvgIpc) is 2.93. The minimum atomic E-state index is -0.635. The lowest BCUT2D eigenvalue weighted by Crippen LogP contribution is -2.44. The van der Waals surface area contributed by atoms with Gasteiger partial charge in [-0.2, -0.15) is 0 Å². The quantitative estimate of drug-likeness (QED) is 0.271. The summed E-state index contributed by atoms with van der Waals surface area (Å²) in [6, 6.07) is 22.6. The zero-order chi connectivity index (χ0) is 26.7. The molecule has 1 fully saturated rings. The maximum absolute atomic E-state index is 13.4. The molecule has 1 heterocycles. The molecule has 0 bridgehead atoms. The van der Waals surface area contributed by atoms with Crippen LogP contribution in [0.15, 0.2) is 83.9 Å². The molecule has 0 aromatic heterocycles. The first-order valence-electron chi connectivity index (χ1n) is 12.9. The van der Waals surface area contributed by atoms with Gasteiger partial charge in [0.2, 0.25) is 11.8 Å². The second-order valence-corrected chi connectivity index (χ2v) is 10.2. The lowest BCUT2D eigenvalue weighted by Gasteiger charge is -2.32. The van der Waals surface area contributed by atoms with Crippen LogP contribution in [0, 0.1) is 5.82 Å². The van der Waals surface area contributed by atoms with E-state index >= 15 is 0 Å². The molecule has 1 atom stereocenters. The summed E-state index contributed by atoms with van der Waals surface area (Å²) in [7, 11) is 0. The largest absolute Gasteiger partial charge is 0.494 e. The number of nitrogens with one attached hydrogen (secondary N) is 1.